The van der Waals surface area contributed by atoms with Gasteiger partial charge in [0.2, 0.25) is 0 Å². The summed E-state index contributed by atoms with van der Waals surface area (Å²) in [6, 6.07) is 5.19. The summed E-state index contributed by atoms with van der Waals surface area (Å²) < 4.78 is 40.8. The van der Waals surface area contributed by atoms with E-state index in [4.69, 9.17) is 5.11 Å². The Morgan fingerprint density at radius 1 is 1.40 bits per heavy atom. The molecule has 0 aliphatic rings. The average Bonchev–Trinajstić information content (AvgIpc) is 2.85. The van der Waals surface area contributed by atoms with Gasteiger partial charge in [-0.25, -0.2) is 12.8 Å². The van der Waals surface area contributed by atoms with Crippen LogP contribution < -0.4 is 4.72 Å². The summed E-state index contributed by atoms with van der Waals surface area (Å²) in [6.07, 6.45) is 3.05. The zero-order chi connectivity index (χ0) is 14.6. The zero-order valence-corrected chi connectivity index (χ0v) is 11.3. The van der Waals surface area contributed by atoms with Crippen molar-refractivity contribution in [1.29, 1.82) is 0 Å². The van der Waals surface area contributed by atoms with Gasteiger partial charge in [0.05, 0.1) is 11.9 Å². The van der Waals surface area contributed by atoms with Crippen molar-refractivity contribution in [3.05, 3.63) is 42.5 Å². The van der Waals surface area contributed by atoms with Crippen LogP contribution in [0.4, 0.5) is 10.1 Å². The molecule has 0 atom stereocenters. The zero-order valence-electron chi connectivity index (χ0n) is 10.5. The minimum atomic E-state index is -3.80. The predicted molar refractivity (Wildman–Crippen MR) is 71.1 cm³/mol. The van der Waals surface area contributed by atoms with Gasteiger partial charge in [0, 0.05) is 19.3 Å². The highest BCUT2D eigenvalue weighted by Gasteiger charge is 2.16. The molecule has 0 aliphatic carbocycles. The van der Waals surface area contributed by atoms with Gasteiger partial charge in [-0.3, -0.25) is 9.40 Å². The molecule has 20 heavy (non-hydrogen) atoms. The van der Waals surface area contributed by atoms with E-state index in [2.05, 4.69) is 9.82 Å². The van der Waals surface area contributed by atoms with Crippen LogP contribution in [0.1, 0.15) is 6.42 Å². The van der Waals surface area contributed by atoms with Crippen molar-refractivity contribution in [2.45, 2.75) is 17.9 Å². The first kappa shape index (κ1) is 14.5. The molecular weight excluding hydrogens is 285 g/mol. The van der Waals surface area contributed by atoms with E-state index < -0.39 is 15.8 Å². The van der Waals surface area contributed by atoms with Gasteiger partial charge in [0.25, 0.3) is 10.0 Å². The summed E-state index contributed by atoms with van der Waals surface area (Å²) in [5, 5.41) is 12.6. The number of nitrogens with zero attached hydrogens (tertiary/aromatic N) is 2. The van der Waals surface area contributed by atoms with E-state index in [1.165, 1.54) is 35.3 Å². The number of hydrogen-bond acceptors (Lipinski definition) is 4. The molecule has 8 heteroatoms. The lowest BCUT2D eigenvalue weighted by atomic mass is 10.3. The number of rotatable bonds is 6. The van der Waals surface area contributed by atoms with Crippen molar-refractivity contribution < 1.29 is 17.9 Å². The van der Waals surface area contributed by atoms with Gasteiger partial charge in [-0.1, -0.05) is 6.07 Å². The first-order valence-corrected chi connectivity index (χ1v) is 7.41. The third-order valence-corrected chi connectivity index (χ3v) is 3.88. The summed E-state index contributed by atoms with van der Waals surface area (Å²) in [7, 11) is -3.80. The number of benzene rings is 1. The Kier molecular flexibility index (Phi) is 4.35. The molecule has 0 saturated carbocycles. The molecule has 1 aromatic heterocycles. The van der Waals surface area contributed by atoms with E-state index >= 15 is 0 Å². The summed E-state index contributed by atoms with van der Waals surface area (Å²) in [6.45, 7) is 0.426. The highest BCUT2D eigenvalue weighted by Crippen LogP contribution is 2.16. The van der Waals surface area contributed by atoms with E-state index in [1.807, 2.05) is 0 Å². The third-order valence-electron chi connectivity index (χ3n) is 2.54. The Balaban J connectivity index is 2.16. The molecule has 0 spiro atoms. The Morgan fingerprint density at radius 3 is 2.90 bits per heavy atom. The van der Waals surface area contributed by atoms with Crippen molar-refractivity contribution in [3.63, 3.8) is 0 Å². The van der Waals surface area contributed by atoms with E-state index in [9.17, 15) is 12.8 Å². The lowest BCUT2D eigenvalue weighted by Crippen LogP contribution is -2.12. The second kappa shape index (κ2) is 6.02. The highest BCUT2D eigenvalue weighted by molar-refractivity contribution is 7.92. The number of aromatic nitrogens is 2. The average molecular weight is 299 g/mol. The monoisotopic (exact) mass is 299 g/mol. The van der Waals surface area contributed by atoms with Crippen molar-refractivity contribution in [2.75, 3.05) is 11.3 Å². The fourth-order valence-electron chi connectivity index (χ4n) is 1.60. The number of hydrogen-bond donors (Lipinski definition) is 2. The summed E-state index contributed by atoms with van der Waals surface area (Å²) >= 11 is 0. The van der Waals surface area contributed by atoms with Crippen LogP contribution in [0.15, 0.2) is 41.6 Å². The van der Waals surface area contributed by atoms with Crippen molar-refractivity contribution in [2.24, 2.45) is 0 Å². The minimum Gasteiger partial charge on any atom is -0.396 e. The number of anilines is 1. The van der Waals surface area contributed by atoms with Gasteiger partial charge < -0.3 is 5.11 Å². The van der Waals surface area contributed by atoms with E-state index in [0.29, 0.717) is 13.0 Å². The number of nitrogens with one attached hydrogen (secondary N) is 1. The van der Waals surface area contributed by atoms with Crippen LogP contribution in [-0.4, -0.2) is 29.9 Å². The van der Waals surface area contributed by atoms with Crippen LogP contribution in [-0.2, 0) is 16.6 Å². The Morgan fingerprint density at radius 2 is 2.20 bits per heavy atom. The Hall–Kier alpha value is -1.93. The van der Waals surface area contributed by atoms with E-state index in [-0.39, 0.29) is 17.2 Å². The van der Waals surface area contributed by atoms with Crippen molar-refractivity contribution in [1.82, 2.24) is 9.78 Å². The molecule has 2 N–H and O–H groups in total. The molecule has 0 radical (unpaired) electrons. The second-order valence-corrected chi connectivity index (χ2v) is 5.81. The Labute approximate surface area is 115 Å². The largest absolute Gasteiger partial charge is 0.396 e. The van der Waals surface area contributed by atoms with Gasteiger partial charge >= 0.3 is 0 Å². The molecule has 0 bridgehead atoms. The summed E-state index contributed by atoms with van der Waals surface area (Å²) in [5.74, 6) is -0.524. The molecule has 0 aliphatic heterocycles. The molecule has 108 valence electrons. The molecule has 2 aromatic rings. The lowest BCUT2D eigenvalue weighted by Gasteiger charge is -2.05. The number of sulfonamides is 1. The fourth-order valence-corrected chi connectivity index (χ4v) is 2.61. The molecule has 0 amide bonds. The smallest absolute Gasteiger partial charge is 0.265 e. The maximum Gasteiger partial charge on any atom is 0.265 e. The molecule has 2 rings (SSSR count). The topological polar surface area (TPSA) is 84.2 Å². The van der Waals surface area contributed by atoms with Crippen LogP contribution in [0.25, 0.3) is 0 Å². The predicted octanol–water partition coefficient (Wildman–Crippen LogP) is 1.21. The van der Waals surface area contributed by atoms with Crippen molar-refractivity contribution >= 4 is 15.7 Å². The van der Waals surface area contributed by atoms with Gasteiger partial charge in [-0.15, -0.1) is 0 Å². The van der Waals surface area contributed by atoms with Crippen molar-refractivity contribution in [3.8, 4) is 0 Å². The first-order chi connectivity index (χ1) is 9.51. The molecule has 0 fully saturated rings. The molecular formula is C12H14FN3O3S. The lowest BCUT2D eigenvalue weighted by molar-refractivity contribution is 0.277. The molecule has 1 aromatic carbocycles. The van der Waals surface area contributed by atoms with Gasteiger partial charge in [0.15, 0.2) is 0 Å². The second-order valence-electron chi connectivity index (χ2n) is 4.13. The SMILES string of the molecule is O=S(=O)(Nc1cccc(F)c1)c1cnn(CCCO)c1. The third kappa shape index (κ3) is 3.55. The quantitative estimate of drug-likeness (QED) is 0.839. The van der Waals surface area contributed by atoms with Crippen LogP contribution in [0, 0.1) is 5.82 Å². The molecule has 0 saturated heterocycles. The van der Waals surface area contributed by atoms with Crippen LogP contribution in [0.2, 0.25) is 0 Å². The number of aliphatic hydroxyl groups is 1. The van der Waals surface area contributed by atoms with Gasteiger partial charge in [-0.05, 0) is 24.6 Å². The highest BCUT2D eigenvalue weighted by atomic mass is 32.2. The van der Waals surface area contributed by atoms with Gasteiger partial charge in [-0.2, -0.15) is 5.10 Å². The first-order valence-electron chi connectivity index (χ1n) is 5.93. The Bertz CT molecular complexity index is 685. The number of halogens is 1. The van der Waals surface area contributed by atoms with E-state index in [1.54, 1.807) is 0 Å². The maximum atomic E-state index is 13.0. The maximum absolute atomic E-state index is 13.0. The van der Waals surface area contributed by atoms with E-state index in [0.717, 1.165) is 6.07 Å². The summed E-state index contributed by atoms with van der Waals surface area (Å²) in [5.41, 5.74) is 0.146. The van der Waals surface area contributed by atoms with Gasteiger partial charge in [0.1, 0.15) is 10.7 Å². The summed E-state index contributed by atoms with van der Waals surface area (Å²) in [4.78, 5) is -0.0142. The minimum absolute atomic E-state index is 0.00346. The number of aryl methyl sites for hydroxylation is 1. The van der Waals surface area contributed by atoms with Crippen LogP contribution in [0.5, 0.6) is 0 Å². The standard InChI is InChI=1S/C12H14FN3O3S/c13-10-3-1-4-11(7-10)15-20(18,19)12-8-14-16(9-12)5-2-6-17/h1,3-4,7-9,15,17H,2,5-6H2. The van der Waals surface area contributed by atoms with Crippen LogP contribution >= 0.6 is 0 Å². The normalized spacial score (nSPS) is 11.5. The number of aliphatic hydroxyl groups excluding tert-OH is 1. The molecule has 6 nitrogen and oxygen atoms in total. The van der Waals surface area contributed by atoms with Crippen LogP contribution in [0.3, 0.4) is 0 Å². The molecule has 0 unspecified atom stereocenters. The fraction of sp³-hybridized carbons (Fsp3) is 0.250. The molecule has 1 heterocycles.